The summed E-state index contributed by atoms with van der Waals surface area (Å²) in [5.41, 5.74) is 0.322. The van der Waals surface area contributed by atoms with Crippen LogP contribution in [-0.2, 0) is 0 Å². The number of amides is 1. The van der Waals surface area contributed by atoms with Crippen LogP contribution in [0.2, 0.25) is 0 Å². The molecule has 4 nitrogen and oxygen atoms in total. The lowest BCUT2D eigenvalue weighted by atomic mass is 9.97. The molecule has 1 unspecified atom stereocenters. The van der Waals surface area contributed by atoms with E-state index in [0.717, 1.165) is 9.13 Å². The van der Waals surface area contributed by atoms with Crippen molar-refractivity contribution in [3.63, 3.8) is 0 Å². The maximum Gasteiger partial charge on any atom is 0.407 e. The molecule has 0 heterocycles. The number of carboxylic acid groups (broad SMARTS) is 1. The molecule has 0 radical (unpaired) electrons. The van der Waals surface area contributed by atoms with Crippen molar-refractivity contribution in [2.75, 3.05) is 6.54 Å². The van der Waals surface area contributed by atoms with Crippen molar-refractivity contribution in [1.82, 2.24) is 4.90 Å². The average Bonchev–Trinajstić information content (AvgIpc) is 2.30. The van der Waals surface area contributed by atoms with Crippen LogP contribution in [0.25, 0.3) is 0 Å². The van der Waals surface area contributed by atoms with E-state index in [2.05, 4.69) is 28.7 Å². The molecule has 0 aliphatic rings. The number of hydrogen-bond donors (Lipinski definition) is 1. The minimum absolute atomic E-state index is 0.177. The zero-order valence-electron chi connectivity index (χ0n) is 11.2. The summed E-state index contributed by atoms with van der Waals surface area (Å²) in [5, 5.41) is 18.5. The van der Waals surface area contributed by atoms with E-state index < -0.39 is 17.6 Å². The molecule has 1 aromatic carbocycles. The molecule has 0 bridgehead atoms. The van der Waals surface area contributed by atoms with Gasteiger partial charge in [0.2, 0.25) is 0 Å². The fourth-order valence-corrected chi connectivity index (χ4v) is 2.10. The summed E-state index contributed by atoms with van der Waals surface area (Å²) in [6, 6.07) is 9.77. The van der Waals surface area contributed by atoms with Gasteiger partial charge in [0.15, 0.2) is 0 Å². The first-order valence-corrected chi connectivity index (χ1v) is 6.99. The molecule has 1 rings (SSSR count). The third-order valence-corrected chi connectivity index (χ3v) is 3.55. The number of benzene rings is 1. The Bertz CT molecular complexity index is 486. The number of nitriles is 1. The summed E-state index contributed by atoms with van der Waals surface area (Å²) in [6.45, 7) is 5.65. The first-order chi connectivity index (χ1) is 8.75. The Morgan fingerprint density at radius 3 is 2.32 bits per heavy atom. The fourth-order valence-electron chi connectivity index (χ4n) is 1.74. The second kappa shape index (κ2) is 6.24. The van der Waals surface area contributed by atoms with Crippen LogP contribution in [-0.4, -0.2) is 28.2 Å². The van der Waals surface area contributed by atoms with E-state index >= 15 is 0 Å². The van der Waals surface area contributed by atoms with Crippen LogP contribution >= 0.6 is 22.6 Å². The van der Waals surface area contributed by atoms with Crippen molar-refractivity contribution in [3.8, 4) is 6.07 Å². The van der Waals surface area contributed by atoms with Crippen LogP contribution < -0.4 is 0 Å². The molecule has 5 heteroatoms. The van der Waals surface area contributed by atoms with Gasteiger partial charge in [-0.2, -0.15) is 5.26 Å². The van der Waals surface area contributed by atoms with Gasteiger partial charge in [-0.1, -0.05) is 12.1 Å². The fraction of sp³-hybridized carbons (Fsp3) is 0.429. The lowest BCUT2D eigenvalue weighted by Crippen LogP contribution is -2.46. The minimum Gasteiger partial charge on any atom is -0.465 e. The van der Waals surface area contributed by atoms with Crippen molar-refractivity contribution < 1.29 is 9.90 Å². The Hall–Kier alpha value is -1.29. The average molecular weight is 372 g/mol. The van der Waals surface area contributed by atoms with E-state index in [1.54, 1.807) is 0 Å². The summed E-state index contributed by atoms with van der Waals surface area (Å²) in [4.78, 5) is 12.6. The molecule has 0 saturated heterocycles. The van der Waals surface area contributed by atoms with Gasteiger partial charge in [0, 0.05) is 15.7 Å². The second-order valence-corrected chi connectivity index (χ2v) is 6.54. The topological polar surface area (TPSA) is 64.3 Å². The molecule has 0 spiro atoms. The zero-order chi connectivity index (χ0) is 14.6. The number of nitrogens with zero attached hydrogens (tertiary/aromatic N) is 2. The molecule has 1 atom stereocenters. The summed E-state index contributed by atoms with van der Waals surface area (Å²) in [5.74, 6) is -0.452. The van der Waals surface area contributed by atoms with Crippen LogP contribution in [0.5, 0.6) is 0 Å². The summed E-state index contributed by atoms with van der Waals surface area (Å²) >= 11 is 2.19. The van der Waals surface area contributed by atoms with Gasteiger partial charge >= 0.3 is 6.09 Å². The predicted octanol–water partition coefficient (Wildman–Crippen LogP) is 3.68. The van der Waals surface area contributed by atoms with Gasteiger partial charge in [-0.25, -0.2) is 4.79 Å². The van der Waals surface area contributed by atoms with Gasteiger partial charge in [0.05, 0.1) is 12.0 Å². The first-order valence-electron chi connectivity index (χ1n) is 5.91. The van der Waals surface area contributed by atoms with E-state index in [4.69, 9.17) is 0 Å². The highest BCUT2D eigenvalue weighted by Gasteiger charge is 2.29. The van der Waals surface area contributed by atoms with Crippen molar-refractivity contribution >= 4 is 28.7 Å². The van der Waals surface area contributed by atoms with E-state index in [-0.39, 0.29) is 6.54 Å². The normalized spacial score (nSPS) is 12.6. The Kier molecular flexibility index (Phi) is 5.18. The first kappa shape index (κ1) is 15.8. The molecule has 0 saturated carbocycles. The van der Waals surface area contributed by atoms with Crippen molar-refractivity contribution in [2.45, 2.75) is 32.2 Å². The quantitative estimate of drug-likeness (QED) is 0.824. The lowest BCUT2D eigenvalue weighted by molar-refractivity contribution is 0.0989. The molecule has 1 amide bonds. The van der Waals surface area contributed by atoms with Gasteiger partial charge < -0.3 is 10.0 Å². The summed E-state index contributed by atoms with van der Waals surface area (Å²) in [7, 11) is 0. The molecular formula is C14H17IN2O2. The molecule has 19 heavy (non-hydrogen) atoms. The summed E-state index contributed by atoms with van der Waals surface area (Å²) < 4.78 is 1.09. The van der Waals surface area contributed by atoms with Gasteiger partial charge in [-0.3, -0.25) is 0 Å². The Morgan fingerprint density at radius 2 is 1.95 bits per heavy atom. The SMILES string of the molecule is CC(C)(C)N(CC(C#N)c1ccc(I)cc1)C(=O)O. The molecule has 1 aromatic rings. The number of halogens is 1. The van der Waals surface area contributed by atoms with Crippen LogP contribution in [0, 0.1) is 14.9 Å². The molecular weight excluding hydrogens is 355 g/mol. The van der Waals surface area contributed by atoms with Crippen LogP contribution in [0.3, 0.4) is 0 Å². The highest BCUT2D eigenvalue weighted by molar-refractivity contribution is 14.1. The molecule has 0 fully saturated rings. The molecule has 0 aromatic heterocycles. The van der Waals surface area contributed by atoms with Crippen LogP contribution in [0.1, 0.15) is 32.3 Å². The van der Waals surface area contributed by atoms with E-state index in [0.29, 0.717) is 0 Å². The van der Waals surface area contributed by atoms with Crippen molar-refractivity contribution in [1.29, 1.82) is 5.26 Å². The minimum atomic E-state index is -1.00. The van der Waals surface area contributed by atoms with Gasteiger partial charge in [-0.15, -0.1) is 0 Å². The number of carbonyl (C=O) groups is 1. The van der Waals surface area contributed by atoms with Gasteiger partial charge in [-0.05, 0) is 61.1 Å². The molecule has 1 N–H and O–H groups in total. The number of rotatable bonds is 3. The Balaban J connectivity index is 2.96. The van der Waals surface area contributed by atoms with Crippen molar-refractivity contribution in [3.05, 3.63) is 33.4 Å². The highest BCUT2D eigenvalue weighted by atomic mass is 127. The third kappa shape index (κ3) is 4.39. The smallest absolute Gasteiger partial charge is 0.407 e. The zero-order valence-corrected chi connectivity index (χ0v) is 13.4. The highest BCUT2D eigenvalue weighted by Crippen LogP contribution is 2.22. The van der Waals surface area contributed by atoms with E-state index in [1.807, 2.05) is 45.0 Å². The maximum atomic E-state index is 11.3. The van der Waals surface area contributed by atoms with Gasteiger partial charge in [0.25, 0.3) is 0 Å². The van der Waals surface area contributed by atoms with Crippen LogP contribution in [0.4, 0.5) is 4.79 Å². The maximum absolute atomic E-state index is 11.3. The largest absolute Gasteiger partial charge is 0.465 e. The lowest BCUT2D eigenvalue weighted by Gasteiger charge is -2.34. The monoisotopic (exact) mass is 372 g/mol. The second-order valence-electron chi connectivity index (χ2n) is 5.30. The van der Waals surface area contributed by atoms with E-state index in [1.165, 1.54) is 4.90 Å². The number of hydrogen-bond acceptors (Lipinski definition) is 2. The van der Waals surface area contributed by atoms with E-state index in [9.17, 15) is 15.2 Å². The van der Waals surface area contributed by atoms with Crippen molar-refractivity contribution in [2.24, 2.45) is 0 Å². The molecule has 0 aliphatic heterocycles. The van der Waals surface area contributed by atoms with Crippen LogP contribution in [0.15, 0.2) is 24.3 Å². The Labute approximate surface area is 127 Å². The summed E-state index contributed by atoms with van der Waals surface area (Å²) in [6.07, 6.45) is -1.00. The molecule has 102 valence electrons. The standard InChI is InChI=1S/C14H17IN2O2/c1-14(2,3)17(13(18)19)9-11(8-16)10-4-6-12(15)7-5-10/h4-7,11H,9H2,1-3H3,(H,18,19). The molecule has 0 aliphatic carbocycles. The third-order valence-electron chi connectivity index (χ3n) is 2.83. The Morgan fingerprint density at radius 1 is 1.42 bits per heavy atom. The predicted molar refractivity (Wildman–Crippen MR) is 82.0 cm³/mol. The van der Waals surface area contributed by atoms with Gasteiger partial charge in [0.1, 0.15) is 0 Å².